The van der Waals surface area contributed by atoms with Crippen LogP contribution in [0, 0.1) is 12.3 Å². The molecule has 2 unspecified atom stereocenters. The third-order valence-electron chi connectivity index (χ3n) is 2.38. The highest BCUT2D eigenvalue weighted by Crippen LogP contribution is 2.34. The number of terminal acetylenes is 1. The second-order valence-electron chi connectivity index (χ2n) is 4.17. The molecule has 0 saturated carbocycles. The fourth-order valence-electron chi connectivity index (χ4n) is 1.44. The summed E-state index contributed by atoms with van der Waals surface area (Å²) in [6, 6.07) is 0. The second kappa shape index (κ2) is 2.76. The summed E-state index contributed by atoms with van der Waals surface area (Å²) in [4.78, 5) is 0. The van der Waals surface area contributed by atoms with E-state index in [2.05, 4.69) is 5.92 Å². The van der Waals surface area contributed by atoms with E-state index in [4.69, 9.17) is 11.2 Å². The number of rotatable bonds is 1. The van der Waals surface area contributed by atoms with Crippen molar-refractivity contribution in [1.29, 1.82) is 0 Å². The molecule has 1 fully saturated rings. The van der Waals surface area contributed by atoms with Crippen molar-refractivity contribution < 1.29 is 9.84 Å². The molecule has 68 valence electrons. The predicted molar refractivity (Wildman–Crippen MR) is 47.6 cm³/mol. The Balaban J connectivity index is 2.65. The molecule has 0 aromatic rings. The summed E-state index contributed by atoms with van der Waals surface area (Å²) in [6.07, 6.45) is 6.86. The topological polar surface area (TPSA) is 29.5 Å². The molecule has 2 heteroatoms. The zero-order valence-electron chi connectivity index (χ0n) is 7.92. The highest BCUT2D eigenvalue weighted by molar-refractivity contribution is 5.10. The Bertz CT molecular complexity index is 209. The number of aliphatic hydroxyl groups is 1. The van der Waals surface area contributed by atoms with Crippen molar-refractivity contribution in [3.05, 3.63) is 0 Å². The lowest BCUT2D eigenvalue weighted by molar-refractivity contribution is -0.0969. The fourth-order valence-corrected chi connectivity index (χ4v) is 1.44. The summed E-state index contributed by atoms with van der Waals surface area (Å²) in [6.45, 7) is 5.39. The van der Waals surface area contributed by atoms with Crippen LogP contribution in [0.15, 0.2) is 0 Å². The molecule has 0 aromatic heterocycles. The highest BCUT2D eigenvalue weighted by Gasteiger charge is 2.41. The van der Waals surface area contributed by atoms with Crippen molar-refractivity contribution in [3.63, 3.8) is 0 Å². The second-order valence-corrected chi connectivity index (χ2v) is 4.17. The molecule has 0 spiro atoms. The molecular formula is C10H16O2. The van der Waals surface area contributed by atoms with E-state index in [1.807, 2.05) is 6.92 Å². The van der Waals surface area contributed by atoms with Gasteiger partial charge in [-0.3, -0.25) is 0 Å². The van der Waals surface area contributed by atoms with Gasteiger partial charge in [0, 0.05) is 0 Å². The monoisotopic (exact) mass is 168 g/mol. The van der Waals surface area contributed by atoms with Gasteiger partial charge >= 0.3 is 0 Å². The molecule has 1 N–H and O–H groups in total. The minimum atomic E-state index is -0.783. The summed E-state index contributed by atoms with van der Waals surface area (Å²) in [5.41, 5.74) is -1.25. The fraction of sp³-hybridized carbons (Fsp3) is 0.800. The first-order valence-electron chi connectivity index (χ1n) is 4.25. The quantitative estimate of drug-likeness (QED) is 0.598. The van der Waals surface area contributed by atoms with Crippen molar-refractivity contribution in [2.45, 2.75) is 50.9 Å². The van der Waals surface area contributed by atoms with Crippen molar-refractivity contribution in [2.75, 3.05) is 0 Å². The van der Waals surface area contributed by atoms with Gasteiger partial charge in [-0.2, -0.15) is 0 Å². The highest BCUT2D eigenvalue weighted by atomic mass is 16.5. The molecule has 2 nitrogen and oxygen atoms in total. The molecule has 2 atom stereocenters. The van der Waals surface area contributed by atoms with E-state index in [0.29, 0.717) is 0 Å². The standard InChI is InChI=1S/C10H16O2/c1-5-10(4)7-6-8(12-10)9(2,3)11/h1,8,11H,6-7H2,2-4H3. The first kappa shape index (κ1) is 9.57. The van der Waals surface area contributed by atoms with Crippen LogP contribution in [0.2, 0.25) is 0 Å². The van der Waals surface area contributed by atoms with Gasteiger partial charge in [0.1, 0.15) is 5.60 Å². The van der Waals surface area contributed by atoms with Gasteiger partial charge in [0.15, 0.2) is 0 Å². The molecule has 1 saturated heterocycles. The van der Waals surface area contributed by atoms with Gasteiger partial charge in [-0.25, -0.2) is 0 Å². The smallest absolute Gasteiger partial charge is 0.126 e. The first-order valence-corrected chi connectivity index (χ1v) is 4.25. The normalized spacial score (nSPS) is 36.4. The van der Waals surface area contributed by atoms with E-state index in [9.17, 15) is 5.11 Å². The average molecular weight is 168 g/mol. The number of ether oxygens (including phenoxy) is 1. The summed E-state index contributed by atoms with van der Waals surface area (Å²) in [5.74, 6) is 2.61. The van der Waals surface area contributed by atoms with Gasteiger partial charge in [0.25, 0.3) is 0 Å². The largest absolute Gasteiger partial charge is 0.388 e. The Morgan fingerprint density at radius 2 is 2.25 bits per heavy atom. The molecule has 12 heavy (non-hydrogen) atoms. The van der Waals surface area contributed by atoms with Crippen LogP contribution >= 0.6 is 0 Å². The van der Waals surface area contributed by atoms with E-state index in [-0.39, 0.29) is 6.10 Å². The number of hydrogen-bond acceptors (Lipinski definition) is 2. The molecule has 0 aromatic carbocycles. The minimum absolute atomic E-state index is 0.126. The average Bonchev–Trinajstić information content (AvgIpc) is 2.32. The van der Waals surface area contributed by atoms with E-state index < -0.39 is 11.2 Å². The van der Waals surface area contributed by atoms with E-state index in [0.717, 1.165) is 12.8 Å². The molecule has 0 bridgehead atoms. The van der Waals surface area contributed by atoms with Crippen LogP contribution in [0.1, 0.15) is 33.6 Å². The maximum atomic E-state index is 9.65. The molecule has 1 aliphatic rings. The van der Waals surface area contributed by atoms with Crippen LogP contribution in [-0.4, -0.2) is 22.4 Å². The van der Waals surface area contributed by atoms with Crippen molar-refractivity contribution in [1.82, 2.24) is 0 Å². The van der Waals surface area contributed by atoms with E-state index >= 15 is 0 Å². The van der Waals surface area contributed by atoms with Crippen LogP contribution < -0.4 is 0 Å². The molecule has 1 aliphatic heterocycles. The van der Waals surface area contributed by atoms with Gasteiger partial charge in [-0.1, -0.05) is 5.92 Å². The summed E-state index contributed by atoms with van der Waals surface area (Å²) < 4.78 is 5.58. The first-order chi connectivity index (χ1) is 5.37. The molecule has 0 amide bonds. The predicted octanol–water partition coefficient (Wildman–Crippen LogP) is 1.33. The van der Waals surface area contributed by atoms with E-state index in [1.165, 1.54) is 0 Å². The van der Waals surface area contributed by atoms with Gasteiger partial charge < -0.3 is 9.84 Å². The van der Waals surface area contributed by atoms with Crippen LogP contribution in [0.4, 0.5) is 0 Å². The van der Waals surface area contributed by atoms with Crippen LogP contribution in [-0.2, 0) is 4.74 Å². The number of hydrogen-bond donors (Lipinski definition) is 1. The Labute approximate surface area is 73.9 Å². The lowest BCUT2D eigenvalue weighted by atomic mass is 9.97. The van der Waals surface area contributed by atoms with Gasteiger partial charge in [0.05, 0.1) is 11.7 Å². The molecule has 1 rings (SSSR count). The van der Waals surface area contributed by atoms with Crippen LogP contribution in [0.25, 0.3) is 0 Å². The lowest BCUT2D eigenvalue weighted by Gasteiger charge is -2.27. The summed E-state index contributed by atoms with van der Waals surface area (Å²) in [5, 5.41) is 9.65. The van der Waals surface area contributed by atoms with Gasteiger partial charge in [-0.05, 0) is 33.6 Å². The third kappa shape index (κ3) is 1.80. The third-order valence-corrected chi connectivity index (χ3v) is 2.38. The Morgan fingerprint density at radius 1 is 1.67 bits per heavy atom. The molecule has 1 heterocycles. The van der Waals surface area contributed by atoms with Gasteiger partial charge in [0.2, 0.25) is 0 Å². The van der Waals surface area contributed by atoms with Gasteiger partial charge in [-0.15, -0.1) is 6.42 Å². The Hall–Kier alpha value is -0.520. The molecule has 0 aliphatic carbocycles. The van der Waals surface area contributed by atoms with Crippen molar-refractivity contribution in [2.24, 2.45) is 0 Å². The zero-order valence-corrected chi connectivity index (χ0v) is 7.92. The maximum absolute atomic E-state index is 9.65. The zero-order chi connectivity index (χ0) is 9.41. The van der Waals surface area contributed by atoms with Crippen molar-refractivity contribution in [3.8, 4) is 12.3 Å². The molecular weight excluding hydrogens is 152 g/mol. The van der Waals surface area contributed by atoms with Crippen molar-refractivity contribution >= 4 is 0 Å². The Kier molecular flexibility index (Phi) is 2.20. The summed E-state index contributed by atoms with van der Waals surface area (Å²) in [7, 11) is 0. The molecule has 0 radical (unpaired) electrons. The van der Waals surface area contributed by atoms with E-state index in [1.54, 1.807) is 13.8 Å². The minimum Gasteiger partial charge on any atom is -0.388 e. The summed E-state index contributed by atoms with van der Waals surface area (Å²) >= 11 is 0. The lowest BCUT2D eigenvalue weighted by Crippen LogP contribution is -2.37. The maximum Gasteiger partial charge on any atom is 0.126 e. The van der Waals surface area contributed by atoms with Crippen LogP contribution in [0.5, 0.6) is 0 Å². The van der Waals surface area contributed by atoms with Crippen LogP contribution in [0.3, 0.4) is 0 Å². The SMILES string of the molecule is C#CC1(C)CCC(C(C)(C)O)O1. The Morgan fingerprint density at radius 3 is 2.50 bits per heavy atom.